The van der Waals surface area contributed by atoms with Crippen molar-refractivity contribution in [2.45, 2.75) is 32.2 Å². The summed E-state index contributed by atoms with van der Waals surface area (Å²) in [5, 5.41) is 11.7. The number of hydrogen-bond acceptors (Lipinski definition) is 4. The van der Waals surface area contributed by atoms with Crippen LogP contribution in [0.4, 0.5) is 0 Å². The van der Waals surface area contributed by atoms with Crippen molar-refractivity contribution in [3.63, 3.8) is 0 Å². The maximum absolute atomic E-state index is 12.0. The third-order valence-electron chi connectivity index (χ3n) is 3.03. The first-order valence-electron chi connectivity index (χ1n) is 6.74. The number of esters is 1. The van der Waals surface area contributed by atoms with E-state index in [1.54, 1.807) is 13.8 Å². The monoisotopic (exact) mass is 279 g/mol. The topological polar surface area (TPSA) is 75.6 Å². The number of hydrogen-bond donors (Lipinski definition) is 2. The Morgan fingerprint density at radius 2 is 1.95 bits per heavy atom. The summed E-state index contributed by atoms with van der Waals surface area (Å²) in [7, 11) is 0. The summed E-state index contributed by atoms with van der Waals surface area (Å²) in [6.07, 6.45) is 0.500. The molecule has 2 N–H and O–H groups in total. The number of benzene rings is 1. The fraction of sp³-hybridized carbons (Fsp3) is 0.467. The normalized spacial score (nSPS) is 13.5. The molecular formula is C15H21NO4. The van der Waals surface area contributed by atoms with Crippen LogP contribution in [0.25, 0.3) is 0 Å². The van der Waals surface area contributed by atoms with E-state index in [0.717, 1.165) is 5.56 Å². The Kier molecular flexibility index (Phi) is 6.73. The smallest absolute Gasteiger partial charge is 0.320 e. The predicted octanol–water partition coefficient (Wildman–Crippen LogP) is 1.79. The number of nitrogens with one attached hydrogen (secondary N) is 1. The summed E-state index contributed by atoms with van der Waals surface area (Å²) >= 11 is 0. The molecule has 2 atom stereocenters. The van der Waals surface area contributed by atoms with Gasteiger partial charge in [0.1, 0.15) is 6.04 Å². The van der Waals surface area contributed by atoms with E-state index in [0.29, 0.717) is 19.6 Å². The lowest BCUT2D eigenvalue weighted by molar-refractivity contribution is -0.145. The SMILES string of the molecule is CCOC(=O)[C@@H](CCN[C@@H](C)C(=O)O)c1ccccc1. The Hall–Kier alpha value is -1.88. The van der Waals surface area contributed by atoms with Crippen molar-refractivity contribution in [2.24, 2.45) is 0 Å². The lowest BCUT2D eigenvalue weighted by Crippen LogP contribution is -2.35. The van der Waals surface area contributed by atoms with Crippen molar-refractivity contribution in [1.82, 2.24) is 5.32 Å². The van der Waals surface area contributed by atoms with Crippen LogP contribution in [0.1, 0.15) is 31.7 Å². The molecule has 0 unspecified atom stereocenters. The third-order valence-corrected chi connectivity index (χ3v) is 3.03. The summed E-state index contributed by atoms with van der Waals surface area (Å²) in [6, 6.07) is 8.75. The van der Waals surface area contributed by atoms with Crippen LogP contribution in [-0.4, -0.2) is 36.2 Å². The van der Waals surface area contributed by atoms with Gasteiger partial charge < -0.3 is 15.2 Å². The Balaban J connectivity index is 2.65. The van der Waals surface area contributed by atoms with Crippen LogP contribution in [0, 0.1) is 0 Å². The maximum Gasteiger partial charge on any atom is 0.320 e. The molecule has 0 radical (unpaired) electrons. The van der Waals surface area contributed by atoms with Gasteiger partial charge in [-0.1, -0.05) is 30.3 Å². The number of carboxylic acid groups (broad SMARTS) is 1. The molecule has 5 heteroatoms. The fourth-order valence-electron chi connectivity index (χ4n) is 1.88. The lowest BCUT2D eigenvalue weighted by Gasteiger charge is -2.17. The molecule has 1 aromatic carbocycles. The Morgan fingerprint density at radius 3 is 2.50 bits per heavy atom. The van der Waals surface area contributed by atoms with Crippen LogP contribution in [0.2, 0.25) is 0 Å². The van der Waals surface area contributed by atoms with Crippen molar-refractivity contribution >= 4 is 11.9 Å². The minimum atomic E-state index is -0.905. The molecule has 0 bridgehead atoms. The number of rotatable bonds is 8. The summed E-state index contributed by atoms with van der Waals surface area (Å²) < 4.78 is 5.08. The minimum absolute atomic E-state index is 0.275. The molecule has 5 nitrogen and oxygen atoms in total. The fourth-order valence-corrected chi connectivity index (χ4v) is 1.88. The van der Waals surface area contributed by atoms with E-state index in [9.17, 15) is 9.59 Å². The molecule has 1 aromatic rings. The van der Waals surface area contributed by atoms with Crippen LogP contribution in [0.15, 0.2) is 30.3 Å². The quantitative estimate of drug-likeness (QED) is 0.709. The highest BCUT2D eigenvalue weighted by molar-refractivity contribution is 5.78. The number of carboxylic acids is 1. The first-order chi connectivity index (χ1) is 9.56. The average molecular weight is 279 g/mol. The van der Waals surface area contributed by atoms with Gasteiger partial charge in [-0.05, 0) is 32.4 Å². The molecule has 110 valence electrons. The highest BCUT2D eigenvalue weighted by Crippen LogP contribution is 2.20. The second-order valence-electron chi connectivity index (χ2n) is 4.52. The second kappa shape index (κ2) is 8.32. The van der Waals surface area contributed by atoms with Crippen molar-refractivity contribution < 1.29 is 19.4 Å². The first kappa shape index (κ1) is 16.2. The molecule has 0 spiro atoms. The molecule has 0 saturated heterocycles. The number of carbonyl (C=O) groups is 2. The van der Waals surface area contributed by atoms with Gasteiger partial charge in [-0.15, -0.1) is 0 Å². The zero-order valence-electron chi connectivity index (χ0n) is 11.8. The average Bonchev–Trinajstić information content (AvgIpc) is 2.44. The van der Waals surface area contributed by atoms with Gasteiger partial charge in [-0.3, -0.25) is 9.59 Å². The molecule has 0 aliphatic carbocycles. The highest BCUT2D eigenvalue weighted by Gasteiger charge is 2.22. The largest absolute Gasteiger partial charge is 0.480 e. The van der Waals surface area contributed by atoms with Crippen molar-refractivity contribution in [1.29, 1.82) is 0 Å². The molecule has 0 aliphatic rings. The van der Waals surface area contributed by atoms with Gasteiger partial charge in [0.25, 0.3) is 0 Å². The van der Waals surface area contributed by atoms with Gasteiger partial charge >= 0.3 is 11.9 Å². The third kappa shape index (κ3) is 5.01. The first-order valence-corrected chi connectivity index (χ1v) is 6.74. The Labute approximate surface area is 118 Å². The standard InChI is InChI=1S/C15H21NO4/c1-3-20-15(19)13(12-7-5-4-6-8-12)9-10-16-11(2)14(17)18/h4-8,11,13,16H,3,9-10H2,1-2H3,(H,17,18)/t11-,13-/m0/s1. The van der Waals surface area contributed by atoms with Gasteiger partial charge in [0, 0.05) is 0 Å². The van der Waals surface area contributed by atoms with Gasteiger partial charge in [0.15, 0.2) is 0 Å². The van der Waals surface area contributed by atoms with E-state index in [4.69, 9.17) is 9.84 Å². The molecule has 20 heavy (non-hydrogen) atoms. The Bertz CT molecular complexity index is 433. The molecule has 1 rings (SSSR count). The summed E-state index contributed by atoms with van der Waals surface area (Å²) in [4.78, 5) is 22.7. The van der Waals surface area contributed by atoms with E-state index < -0.39 is 12.0 Å². The highest BCUT2D eigenvalue weighted by atomic mass is 16.5. The van der Waals surface area contributed by atoms with E-state index in [2.05, 4.69) is 5.32 Å². The van der Waals surface area contributed by atoms with E-state index in [1.807, 2.05) is 30.3 Å². The van der Waals surface area contributed by atoms with Crippen molar-refractivity contribution in [3.8, 4) is 0 Å². The molecule has 0 aromatic heterocycles. The second-order valence-corrected chi connectivity index (χ2v) is 4.52. The van der Waals surface area contributed by atoms with Crippen LogP contribution in [0.3, 0.4) is 0 Å². The minimum Gasteiger partial charge on any atom is -0.480 e. The van der Waals surface area contributed by atoms with Gasteiger partial charge in [-0.2, -0.15) is 0 Å². The molecule has 0 heterocycles. The predicted molar refractivity (Wildman–Crippen MR) is 75.5 cm³/mol. The lowest BCUT2D eigenvalue weighted by atomic mass is 9.95. The molecule has 0 saturated carbocycles. The molecular weight excluding hydrogens is 258 g/mol. The van der Waals surface area contributed by atoms with Gasteiger partial charge in [0.2, 0.25) is 0 Å². The molecule has 0 amide bonds. The number of carbonyl (C=O) groups excluding carboxylic acids is 1. The summed E-state index contributed by atoms with van der Waals surface area (Å²) in [6.45, 7) is 4.11. The maximum atomic E-state index is 12.0. The number of aliphatic carboxylic acids is 1. The Morgan fingerprint density at radius 1 is 1.30 bits per heavy atom. The van der Waals surface area contributed by atoms with Crippen LogP contribution < -0.4 is 5.32 Å². The van der Waals surface area contributed by atoms with Crippen LogP contribution in [0.5, 0.6) is 0 Å². The zero-order chi connectivity index (χ0) is 15.0. The van der Waals surface area contributed by atoms with E-state index in [-0.39, 0.29) is 11.9 Å². The van der Waals surface area contributed by atoms with E-state index >= 15 is 0 Å². The summed E-state index contributed by atoms with van der Waals surface area (Å²) in [5.41, 5.74) is 0.885. The van der Waals surface area contributed by atoms with Crippen molar-refractivity contribution in [3.05, 3.63) is 35.9 Å². The van der Waals surface area contributed by atoms with Gasteiger partial charge in [-0.25, -0.2) is 0 Å². The molecule has 0 aliphatic heterocycles. The molecule has 0 fully saturated rings. The zero-order valence-corrected chi connectivity index (χ0v) is 11.8. The summed E-state index contributed by atoms with van der Waals surface area (Å²) in [5.74, 6) is -1.55. The van der Waals surface area contributed by atoms with Crippen molar-refractivity contribution in [2.75, 3.05) is 13.2 Å². The van der Waals surface area contributed by atoms with Crippen LogP contribution >= 0.6 is 0 Å². The van der Waals surface area contributed by atoms with Gasteiger partial charge in [0.05, 0.1) is 12.5 Å². The van der Waals surface area contributed by atoms with Crippen LogP contribution in [-0.2, 0) is 14.3 Å². The van der Waals surface area contributed by atoms with E-state index in [1.165, 1.54) is 0 Å². The number of ether oxygens (including phenoxy) is 1.